The van der Waals surface area contributed by atoms with Crippen molar-refractivity contribution in [3.63, 3.8) is 0 Å². The fourth-order valence-electron chi connectivity index (χ4n) is 2.24. The molecule has 0 radical (unpaired) electrons. The number of nitrogens with zero attached hydrogens (tertiary/aromatic N) is 3. The van der Waals surface area contributed by atoms with E-state index in [2.05, 4.69) is 5.10 Å². The summed E-state index contributed by atoms with van der Waals surface area (Å²) < 4.78 is 38.6. The molecule has 2 heterocycles. The highest BCUT2D eigenvalue weighted by Gasteiger charge is 2.34. The molecule has 1 saturated heterocycles. The highest BCUT2D eigenvalue weighted by atomic mass is 32.2. The smallest absolute Gasteiger partial charge is 0.219 e. The molecule has 0 aromatic carbocycles. The summed E-state index contributed by atoms with van der Waals surface area (Å²) in [5.74, 6) is 0. The van der Waals surface area contributed by atoms with Gasteiger partial charge >= 0.3 is 0 Å². The van der Waals surface area contributed by atoms with Crippen molar-refractivity contribution >= 4 is 10.0 Å². The van der Waals surface area contributed by atoms with Crippen LogP contribution in [0.5, 0.6) is 0 Å². The van der Waals surface area contributed by atoms with Crippen molar-refractivity contribution < 1.29 is 17.9 Å². The van der Waals surface area contributed by atoms with Crippen LogP contribution in [0.15, 0.2) is 12.4 Å². The maximum absolute atomic E-state index is 12.4. The predicted molar refractivity (Wildman–Crippen MR) is 73.7 cm³/mol. The average Bonchev–Trinajstić information content (AvgIpc) is 2.86. The molecule has 7 nitrogen and oxygen atoms in total. The first kappa shape index (κ1) is 15.4. The second-order valence-corrected chi connectivity index (χ2v) is 7.33. The summed E-state index contributed by atoms with van der Waals surface area (Å²) in [5.41, 5.74) is 0.895. The summed E-state index contributed by atoms with van der Waals surface area (Å²) in [6, 6.07) is 0. The number of aryl methyl sites for hydroxylation is 1. The Morgan fingerprint density at radius 1 is 1.60 bits per heavy atom. The van der Waals surface area contributed by atoms with Gasteiger partial charge in [-0.2, -0.15) is 9.40 Å². The van der Waals surface area contributed by atoms with Crippen LogP contribution in [0.1, 0.15) is 18.6 Å². The Bertz CT molecular complexity index is 543. The third-order valence-electron chi connectivity index (χ3n) is 3.40. The molecular formula is C12H21N3O4S. The van der Waals surface area contributed by atoms with Crippen molar-refractivity contribution in [1.82, 2.24) is 14.1 Å². The van der Waals surface area contributed by atoms with E-state index >= 15 is 0 Å². The fraction of sp³-hybridized carbons (Fsp3) is 0.750. The highest BCUT2D eigenvalue weighted by molar-refractivity contribution is 7.89. The van der Waals surface area contributed by atoms with Gasteiger partial charge in [-0.15, -0.1) is 0 Å². The van der Waals surface area contributed by atoms with Crippen molar-refractivity contribution in [2.45, 2.75) is 18.3 Å². The lowest BCUT2D eigenvalue weighted by atomic mass is 10.2. The van der Waals surface area contributed by atoms with Gasteiger partial charge < -0.3 is 9.47 Å². The number of ether oxygens (including phenoxy) is 2. The van der Waals surface area contributed by atoms with Crippen LogP contribution in [0, 0.1) is 0 Å². The summed E-state index contributed by atoms with van der Waals surface area (Å²) in [5, 5.41) is 3.54. The van der Waals surface area contributed by atoms with E-state index in [1.165, 1.54) is 11.4 Å². The third-order valence-corrected chi connectivity index (χ3v) is 5.60. The molecule has 0 saturated carbocycles. The third kappa shape index (κ3) is 3.20. The lowest BCUT2D eigenvalue weighted by molar-refractivity contribution is -0.00307. The van der Waals surface area contributed by atoms with Crippen LogP contribution in [0.4, 0.5) is 0 Å². The van der Waals surface area contributed by atoms with Crippen molar-refractivity contribution in [2.75, 3.05) is 33.4 Å². The Balaban J connectivity index is 2.10. The number of methoxy groups -OCH3 is 1. The standard InChI is InChI=1S/C12H21N3O4S/c1-10(9-18-3)20(16,17)15-4-5-19-12(8-15)11-6-13-14(2)7-11/h6-7,10,12H,4-5,8-9H2,1-3H3. The molecule has 20 heavy (non-hydrogen) atoms. The van der Waals surface area contributed by atoms with Crippen molar-refractivity contribution in [3.8, 4) is 0 Å². The van der Waals surface area contributed by atoms with Crippen molar-refractivity contribution in [1.29, 1.82) is 0 Å². The minimum absolute atomic E-state index is 0.192. The quantitative estimate of drug-likeness (QED) is 0.774. The lowest BCUT2D eigenvalue weighted by Crippen LogP contribution is -2.46. The maximum atomic E-state index is 12.4. The fourth-order valence-corrected chi connectivity index (χ4v) is 3.73. The van der Waals surface area contributed by atoms with Gasteiger partial charge in [0.05, 0.1) is 30.8 Å². The van der Waals surface area contributed by atoms with E-state index in [1.54, 1.807) is 17.8 Å². The van der Waals surface area contributed by atoms with E-state index in [9.17, 15) is 8.42 Å². The van der Waals surface area contributed by atoms with Gasteiger partial charge in [0.25, 0.3) is 0 Å². The van der Waals surface area contributed by atoms with Gasteiger partial charge in [0.15, 0.2) is 0 Å². The summed E-state index contributed by atoms with van der Waals surface area (Å²) in [6.07, 6.45) is 3.29. The van der Waals surface area contributed by atoms with Crippen LogP contribution in [-0.2, 0) is 26.5 Å². The zero-order valence-corrected chi connectivity index (χ0v) is 12.8. The molecule has 0 amide bonds. The summed E-state index contributed by atoms with van der Waals surface area (Å²) in [7, 11) is -0.0325. The monoisotopic (exact) mass is 303 g/mol. The van der Waals surface area contributed by atoms with Crippen LogP contribution in [-0.4, -0.2) is 61.2 Å². The topological polar surface area (TPSA) is 73.7 Å². The van der Waals surface area contributed by atoms with E-state index in [0.717, 1.165) is 5.56 Å². The number of hydrogen-bond acceptors (Lipinski definition) is 5. The van der Waals surface area contributed by atoms with Crippen molar-refractivity contribution in [3.05, 3.63) is 18.0 Å². The van der Waals surface area contributed by atoms with E-state index < -0.39 is 15.3 Å². The van der Waals surface area contributed by atoms with Crippen LogP contribution in [0.25, 0.3) is 0 Å². The molecule has 0 bridgehead atoms. The van der Waals surface area contributed by atoms with Gasteiger partial charge in [-0.25, -0.2) is 8.42 Å². The maximum Gasteiger partial charge on any atom is 0.219 e. The molecule has 0 N–H and O–H groups in total. The van der Waals surface area contributed by atoms with Gasteiger partial charge in [0.2, 0.25) is 10.0 Å². The summed E-state index contributed by atoms with van der Waals surface area (Å²) >= 11 is 0. The first-order chi connectivity index (χ1) is 9.45. The Kier molecular flexibility index (Phi) is 4.79. The first-order valence-electron chi connectivity index (χ1n) is 6.53. The Hall–Kier alpha value is -0.960. The number of hydrogen-bond donors (Lipinski definition) is 0. The minimum Gasteiger partial charge on any atom is -0.383 e. The first-order valence-corrected chi connectivity index (χ1v) is 8.03. The Morgan fingerprint density at radius 2 is 2.35 bits per heavy atom. The molecule has 114 valence electrons. The number of rotatable bonds is 5. The minimum atomic E-state index is -3.36. The molecule has 0 spiro atoms. The second kappa shape index (κ2) is 6.21. The van der Waals surface area contributed by atoms with Gasteiger partial charge in [0, 0.05) is 39.0 Å². The van der Waals surface area contributed by atoms with E-state index in [0.29, 0.717) is 19.7 Å². The van der Waals surface area contributed by atoms with E-state index in [1.807, 2.05) is 13.2 Å². The normalized spacial score (nSPS) is 22.9. The van der Waals surface area contributed by atoms with Crippen LogP contribution in [0.3, 0.4) is 0 Å². The Labute approximate surface area is 119 Å². The molecule has 8 heteroatoms. The molecule has 2 rings (SSSR count). The SMILES string of the molecule is COCC(C)S(=O)(=O)N1CCOC(c2cnn(C)c2)C1. The molecular weight excluding hydrogens is 282 g/mol. The molecule has 1 aliphatic rings. The zero-order valence-electron chi connectivity index (χ0n) is 12.0. The van der Waals surface area contributed by atoms with Crippen molar-refractivity contribution in [2.24, 2.45) is 7.05 Å². The Morgan fingerprint density at radius 3 is 2.95 bits per heavy atom. The average molecular weight is 303 g/mol. The number of sulfonamides is 1. The lowest BCUT2D eigenvalue weighted by Gasteiger charge is -2.33. The molecule has 1 aromatic rings. The van der Waals surface area contributed by atoms with Gasteiger partial charge in [-0.1, -0.05) is 0 Å². The second-order valence-electron chi connectivity index (χ2n) is 4.98. The zero-order chi connectivity index (χ0) is 14.8. The largest absolute Gasteiger partial charge is 0.383 e. The van der Waals surface area contributed by atoms with Gasteiger partial charge in [-0.05, 0) is 6.92 Å². The molecule has 2 unspecified atom stereocenters. The van der Waals surface area contributed by atoms with Crippen LogP contribution < -0.4 is 0 Å². The van der Waals surface area contributed by atoms with Crippen LogP contribution >= 0.6 is 0 Å². The van der Waals surface area contributed by atoms with Gasteiger partial charge in [0.1, 0.15) is 0 Å². The van der Waals surface area contributed by atoms with E-state index in [4.69, 9.17) is 9.47 Å². The summed E-state index contributed by atoms with van der Waals surface area (Å²) in [6.45, 7) is 2.94. The van der Waals surface area contributed by atoms with E-state index in [-0.39, 0.29) is 12.7 Å². The molecule has 1 fully saturated rings. The number of aromatic nitrogens is 2. The van der Waals surface area contributed by atoms with Crippen LogP contribution in [0.2, 0.25) is 0 Å². The highest BCUT2D eigenvalue weighted by Crippen LogP contribution is 2.24. The summed E-state index contributed by atoms with van der Waals surface area (Å²) in [4.78, 5) is 0. The molecule has 1 aromatic heterocycles. The molecule has 1 aliphatic heterocycles. The molecule has 0 aliphatic carbocycles. The van der Waals surface area contributed by atoms with Gasteiger partial charge in [-0.3, -0.25) is 4.68 Å². The number of morpholine rings is 1. The predicted octanol–water partition coefficient (Wildman–Crippen LogP) is 0.158. The molecule has 2 atom stereocenters.